The van der Waals surface area contributed by atoms with Crippen LogP contribution in [0.2, 0.25) is 0 Å². The van der Waals surface area contributed by atoms with E-state index in [9.17, 15) is 14.7 Å². The molecule has 2 aromatic heterocycles. The normalized spacial score (nSPS) is 17.3. The van der Waals surface area contributed by atoms with Crippen LogP contribution in [0, 0.1) is 0 Å². The Balaban J connectivity index is 1.65. The van der Waals surface area contributed by atoms with Crippen LogP contribution >= 0.6 is 11.3 Å². The molecule has 3 heterocycles. The second-order valence-electron chi connectivity index (χ2n) is 7.70. The second kappa shape index (κ2) is 9.27. The smallest absolute Gasteiger partial charge is 0.302 e. The van der Waals surface area contributed by atoms with Gasteiger partial charge in [0.2, 0.25) is 0 Å². The zero-order valence-corrected chi connectivity index (χ0v) is 19.9. The Morgan fingerprint density at radius 2 is 1.83 bits per heavy atom. The van der Waals surface area contributed by atoms with Crippen LogP contribution < -0.4 is 14.4 Å². The Bertz CT molecular complexity index is 1440. The third-order valence-corrected chi connectivity index (χ3v) is 6.56. The number of Topliss-reactive ketones (excluding diaryl/α,β-unsaturated/α-hetero) is 1. The first-order valence-electron chi connectivity index (χ1n) is 11.1. The van der Waals surface area contributed by atoms with Gasteiger partial charge in [0.25, 0.3) is 5.78 Å². The van der Waals surface area contributed by atoms with Crippen molar-refractivity contribution < 1.29 is 28.6 Å². The van der Waals surface area contributed by atoms with Crippen molar-refractivity contribution in [2.24, 2.45) is 0 Å². The molecule has 0 saturated carbocycles. The molecule has 1 aliphatic rings. The summed E-state index contributed by atoms with van der Waals surface area (Å²) in [6.07, 6.45) is 1.46. The van der Waals surface area contributed by atoms with Crippen molar-refractivity contribution in [2.75, 3.05) is 18.1 Å². The summed E-state index contributed by atoms with van der Waals surface area (Å²) in [6.45, 7) is 4.72. The number of rotatable bonds is 7. The van der Waals surface area contributed by atoms with Gasteiger partial charge >= 0.3 is 5.91 Å². The highest BCUT2D eigenvalue weighted by Crippen LogP contribution is 2.44. The molecule has 1 unspecified atom stereocenters. The summed E-state index contributed by atoms with van der Waals surface area (Å²) < 4.78 is 17.5. The highest BCUT2D eigenvalue weighted by Gasteiger charge is 2.49. The molecule has 2 aromatic carbocycles. The molecule has 9 heteroatoms. The highest BCUT2D eigenvalue weighted by molar-refractivity contribution is 7.22. The number of amides is 1. The zero-order valence-electron chi connectivity index (χ0n) is 19.1. The van der Waals surface area contributed by atoms with Crippen molar-refractivity contribution >= 4 is 44.1 Å². The first-order chi connectivity index (χ1) is 17.0. The average molecular weight is 491 g/mol. The first kappa shape index (κ1) is 22.7. The van der Waals surface area contributed by atoms with Crippen molar-refractivity contribution in [3.63, 3.8) is 0 Å². The lowest BCUT2D eigenvalue weighted by atomic mass is 9.99. The van der Waals surface area contributed by atoms with Crippen LogP contribution in [0.5, 0.6) is 11.5 Å². The van der Waals surface area contributed by atoms with Crippen LogP contribution in [0.4, 0.5) is 5.13 Å². The van der Waals surface area contributed by atoms with E-state index >= 15 is 0 Å². The number of ether oxygens (including phenoxy) is 2. The molecule has 5 rings (SSSR count). The first-order valence-corrected chi connectivity index (χ1v) is 11.9. The van der Waals surface area contributed by atoms with Crippen LogP contribution in [0.3, 0.4) is 0 Å². The molecule has 1 aliphatic heterocycles. The summed E-state index contributed by atoms with van der Waals surface area (Å²) in [5.41, 5.74) is 0.946. The molecule has 8 nitrogen and oxygen atoms in total. The van der Waals surface area contributed by atoms with E-state index in [2.05, 4.69) is 4.98 Å². The number of fused-ring (bicyclic) bond motifs is 1. The Morgan fingerprint density at radius 1 is 1.06 bits per heavy atom. The van der Waals surface area contributed by atoms with Gasteiger partial charge < -0.3 is 19.0 Å². The molecule has 0 aliphatic carbocycles. The molecule has 178 valence electrons. The summed E-state index contributed by atoms with van der Waals surface area (Å²) in [5, 5.41) is 11.5. The number of hydrogen-bond donors (Lipinski definition) is 1. The predicted octanol–water partition coefficient (Wildman–Crippen LogP) is 5.31. The minimum atomic E-state index is -0.979. The van der Waals surface area contributed by atoms with Gasteiger partial charge in [-0.15, -0.1) is 0 Å². The van der Waals surface area contributed by atoms with Gasteiger partial charge in [-0.05, 0) is 56.3 Å². The number of ketones is 1. The lowest BCUT2D eigenvalue weighted by Crippen LogP contribution is -2.29. The van der Waals surface area contributed by atoms with Gasteiger partial charge in [-0.2, -0.15) is 0 Å². The van der Waals surface area contributed by atoms with Gasteiger partial charge in [-0.25, -0.2) is 4.98 Å². The summed E-state index contributed by atoms with van der Waals surface area (Å²) in [5.74, 6) is -0.363. The van der Waals surface area contributed by atoms with Gasteiger partial charge in [0, 0.05) is 5.56 Å². The van der Waals surface area contributed by atoms with Crippen LogP contribution in [0.25, 0.3) is 16.0 Å². The number of aromatic nitrogens is 1. The van der Waals surface area contributed by atoms with Crippen LogP contribution in [0.15, 0.2) is 70.9 Å². The molecule has 1 atom stereocenters. The summed E-state index contributed by atoms with van der Waals surface area (Å²) in [7, 11) is 0. The number of benzene rings is 2. The molecule has 1 N–H and O–H groups in total. The standard InChI is InChI=1S/C26H22N2O6S/c1-3-32-16-8-5-7-15(13-16)23(29)21-22(19-9-6-12-34-19)28(25(31)24(21)30)26-27-18-11-10-17(33-4-2)14-20(18)35-26/h5-14,22,29H,3-4H2,1-2H3. The van der Waals surface area contributed by atoms with Crippen molar-refractivity contribution in [2.45, 2.75) is 19.9 Å². The van der Waals surface area contributed by atoms with E-state index in [-0.39, 0.29) is 11.3 Å². The maximum atomic E-state index is 13.3. The fourth-order valence-electron chi connectivity index (χ4n) is 4.05. The van der Waals surface area contributed by atoms with E-state index in [1.807, 2.05) is 19.9 Å². The highest BCUT2D eigenvalue weighted by atomic mass is 32.1. The molecule has 0 spiro atoms. The largest absolute Gasteiger partial charge is 0.507 e. The minimum absolute atomic E-state index is 0.0761. The van der Waals surface area contributed by atoms with Crippen molar-refractivity contribution in [1.82, 2.24) is 4.98 Å². The second-order valence-corrected chi connectivity index (χ2v) is 8.71. The van der Waals surface area contributed by atoms with Gasteiger partial charge in [0.1, 0.15) is 29.1 Å². The van der Waals surface area contributed by atoms with Crippen LogP contribution in [0.1, 0.15) is 31.2 Å². The maximum absolute atomic E-state index is 13.3. The van der Waals surface area contributed by atoms with E-state index in [1.54, 1.807) is 48.5 Å². The fraction of sp³-hybridized carbons (Fsp3) is 0.192. The van der Waals surface area contributed by atoms with E-state index in [0.29, 0.717) is 46.7 Å². The molecule has 1 fully saturated rings. The van der Waals surface area contributed by atoms with Crippen molar-refractivity contribution in [1.29, 1.82) is 0 Å². The number of nitrogens with zero attached hydrogens (tertiary/aromatic N) is 2. The van der Waals surface area contributed by atoms with Gasteiger partial charge in [0.15, 0.2) is 5.13 Å². The Labute approximate surface area is 205 Å². The zero-order chi connectivity index (χ0) is 24.5. The Kier molecular flexibility index (Phi) is 6.00. The number of carbonyl (C=O) groups is 2. The van der Waals surface area contributed by atoms with E-state index in [4.69, 9.17) is 13.9 Å². The number of furan rings is 1. The monoisotopic (exact) mass is 490 g/mol. The number of aliphatic hydroxyl groups excluding tert-OH is 1. The molecule has 1 amide bonds. The third kappa shape index (κ3) is 4.04. The van der Waals surface area contributed by atoms with E-state index < -0.39 is 17.7 Å². The minimum Gasteiger partial charge on any atom is -0.507 e. The number of carbonyl (C=O) groups excluding carboxylic acids is 2. The third-order valence-electron chi connectivity index (χ3n) is 5.54. The van der Waals surface area contributed by atoms with Gasteiger partial charge in [0.05, 0.1) is 35.3 Å². The topological polar surface area (TPSA) is 102 Å². The van der Waals surface area contributed by atoms with Crippen LogP contribution in [-0.4, -0.2) is 35.0 Å². The molecule has 4 aromatic rings. The molecule has 0 bridgehead atoms. The number of thiazole rings is 1. The number of aliphatic hydroxyl groups is 1. The maximum Gasteiger partial charge on any atom is 0.302 e. The molecule has 35 heavy (non-hydrogen) atoms. The summed E-state index contributed by atoms with van der Waals surface area (Å²) in [6, 6.07) is 14.5. The van der Waals surface area contributed by atoms with Gasteiger partial charge in [-0.1, -0.05) is 23.5 Å². The fourth-order valence-corrected chi connectivity index (χ4v) is 5.07. The Morgan fingerprint density at radius 3 is 2.54 bits per heavy atom. The molecular formula is C26H22N2O6S. The SMILES string of the molecule is CCOc1cccc(C(O)=C2C(=O)C(=O)N(c3nc4ccc(OCC)cc4s3)C2c2ccco2)c1. The Hall–Kier alpha value is -4.11. The molecule has 0 radical (unpaired) electrons. The van der Waals surface area contributed by atoms with E-state index in [0.717, 1.165) is 4.70 Å². The van der Waals surface area contributed by atoms with Crippen molar-refractivity contribution in [3.05, 3.63) is 77.8 Å². The summed E-state index contributed by atoms with van der Waals surface area (Å²) >= 11 is 1.26. The van der Waals surface area contributed by atoms with E-state index in [1.165, 1.54) is 22.5 Å². The van der Waals surface area contributed by atoms with Gasteiger partial charge in [-0.3, -0.25) is 14.5 Å². The average Bonchev–Trinajstić information content (AvgIpc) is 3.58. The number of hydrogen-bond acceptors (Lipinski definition) is 8. The molecular weight excluding hydrogens is 468 g/mol. The summed E-state index contributed by atoms with van der Waals surface area (Å²) in [4.78, 5) is 32.4. The lowest BCUT2D eigenvalue weighted by Gasteiger charge is -2.20. The number of anilines is 1. The molecule has 1 saturated heterocycles. The van der Waals surface area contributed by atoms with Crippen molar-refractivity contribution in [3.8, 4) is 11.5 Å². The van der Waals surface area contributed by atoms with Crippen LogP contribution in [-0.2, 0) is 9.59 Å². The lowest BCUT2D eigenvalue weighted by molar-refractivity contribution is -0.132. The quantitative estimate of drug-likeness (QED) is 0.213. The predicted molar refractivity (Wildman–Crippen MR) is 132 cm³/mol.